The first-order valence-corrected chi connectivity index (χ1v) is 5.74. The Hall–Kier alpha value is -1.76. The van der Waals surface area contributed by atoms with E-state index in [-0.39, 0.29) is 5.69 Å². The van der Waals surface area contributed by atoms with E-state index < -0.39 is 24.1 Å². The SMILES string of the molecule is CCC[C@H](N)C(=O)Nc1cccc(OC(F)(F)F)c1. The maximum Gasteiger partial charge on any atom is 0.573 e. The van der Waals surface area contributed by atoms with Gasteiger partial charge in [-0.15, -0.1) is 13.2 Å². The summed E-state index contributed by atoms with van der Waals surface area (Å²) in [5, 5.41) is 2.44. The molecule has 0 aliphatic heterocycles. The van der Waals surface area contributed by atoms with E-state index in [1.54, 1.807) is 0 Å². The Morgan fingerprint density at radius 3 is 2.74 bits per heavy atom. The molecule has 106 valence electrons. The minimum atomic E-state index is -4.76. The lowest BCUT2D eigenvalue weighted by molar-refractivity contribution is -0.274. The van der Waals surface area contributed by atoms with Crippen LogP contribution in [0.5, 0.6) is 5.75 Å². The lowest BCUT2D eigenvalue weighted by Gasteiger charge is -2.13. The van der Waals surface area contributed by atoms with E-state index in [2.05, 4.69) is 10.1 Å². The fourth-order valence-corrected chi connectivity index (χ4v) is 1.45. The van der Waals surface area contributed by atoms with Gasteiger partial charge in [-0.05, 0) is 18.6 Å². The summed E-state index contributed by atoms with van der Waals surface area (Å²) in [6.07, 6.45) is -3.52. The first kappa shape index (κ1) is 15.3. The molecule has 0 aliphatic rings. The lowest BCUT2D eigenvalue weighted by Crippen LogP contribution is -2.35. The second-order valence-corrected chi connectivity index (χ2v) is 3.96. The van der Waals surface area contributed by atoms with Gasteiger partial charge < -0.3 is 15.8 Å². The number of hydrogen-bond donors (Lipinski definition) is 2. The molecule has 0 fully saturated rings. The van der Waals surface area contributed by atoms with Crippen molar-refractivity contribution in [2.24, 2.45) is 5.73 Å². The molecule has 19 heavy (non-hydrogen) atoms. The van der Waals surface area contributed by atoms with Crippen LogP contribution in [-0.2, 0) is 4.79 Å². The number of anilines is 1. The number of nitrogens with two attached hydrogens (primary N) is 1. The number of halogens is 3. The van der Waals surface area contributed by atoms with Crippen LogP contribution < -0.4 is 15.8 Å². The Kier molecular flexibility index (Phi) is 5.17. The van der Waals surface area contributed by atoms with Gasteiger partial charge in [0.15, 0.2) is 0 Å². The molecule has 0 aromatic heterocycles. The molecule has 1 rings (SSSR count). The van der Waals surface area contributed by atoms with Gasteiger partial charge >= 0.3 is 6.36 Å². The van der Waals surface area contributed by atoms with E-state index in [9.17, 15) is 18.0 Å². The number of ether oxygens (including phenoxy) is 1. The molecule has 3 N–H and O–H groups in total. The van der Waals surface area contributed by atoms with Gasteiger partial charge in [0.25, 0.3) is 0 Å². The average molecular weight is 276 g/mol. The summed E-state index contributed by atoms with van der Waals surface area (Å²) in [6.45, 7) is 1.88. The van der Waals surface area contributed by atoms with E-state index >= 15 is 0 Å². The number of hydrogen-bond acceptors (Lipinski definition) is 3. The number of alkyl halides is 3. The number of amides is 1. The number of nitrogens with one attached hydrogen (secondary N) is 1. The van der Waals surface area contributed by atoms with Gasteiger partial charge in [-0.3, -0.25) is 4.79 Å². The molecule has 4 nitrogen and oxygen atoms in total. The molecule has 0 heterocycles. The first-order valence-electron chi connectivity index (χ1n) is 5.74. The zero-order chi connectivity index (χ0) is 14.5. The highest BCUT2D eigenvalue weighted by molar-refractivity contribution is 5.94. The molecule has 0 spiro atoms. The summed E-state index contributed by atoms with van der Waals surface area (Å²) in [4.78, 5) is 11.6. The van der Waals surface area contributed by atoms with Crippen LogP contribution in [0.25, 0.3) is 0 Å². The number of carbonyl (C=O) groups is 1. The van der Waals surface area contributed by atoms with E-state index in [0.717, 1.165) is 18.6 Å². The standard InChI is InChI=1S/C12H15F3N2O2/c1-2-4-10(16)11(18)17-8-5-3-6-9(7-8)19-12(13,14)15/h3,5-7,10H,2,4,16H2,1H3,(H,17,18)/t10-/m0/s1. The second-order valence-electron chi connectivity index (χ2n) is 3.96. The predicted molar refractivity (Wildman–Crippen MR) is 64.6 cm³/mol. The van der Waals surface area contributed by atoms with Gasteiger partial charge in [-0.1, -0.05) is 19.4 Å². The summed E-state index contributed by atoms with van der Waals surface area (Å²) >= 11 is 0. The van der Waals surface area contributed by atoms with Crippen molar-refractivity contribution in [3.63, 3.8) is 0 Å². The summed E-state index contributed by atoms with van der Waals surface area (Å²) in [5.41, 5.74) is 5.80. The number of benzene rings is 1. The van der Waals surface area contributed by atoms with E-state index in [0.29, 0.717) is 6.42 Å². The minimum absolute atomic E-state index is 0.207. The van der Waals surface area contributed by atoms with E-state index in [1.807, 2.05) is 6.92 Å². The molecular formula is C12H15F3N2O2. The van der Waals surface area contributed by atoms with Crippen molar-refractivity contribution in [3.05, 3.63) is 24.3 Å². The Balaban J connectivity index is 2.69. The number of rotatable bonds is 5. The third-order valence-electron chi connectivity index (χ3n) is 2.27. The van der Waals surface area contributed by atoms with Crippen LogP contribution in [0.1, 0.15) is 19.8 Å². The highest BCUT2D eigenvalue weighted by atomic mass is 19.4. The van der Waals surface area contributed by atoms with Crippen molar-refractivity contribution in [1.29, 1.82) is 0 Å². The largest absolute Gasteiger partial charge is 0.573 e. The van der Waals surface area contributed by atoms with Gasteiger partial charge in [0, 0.05) is 11.8 Å². The first-order chi connectivity index (χ1) is 8.81. The molecule has 0 bridgehead atoms. The third kappa shape index (κ3) is 5.60. The quantitative estimate of drug-likeness (QED) is 0.869. The minimum Gasteiger partial charge on any atom is -0.406 e. The van der Waals surface area contributed by atoms with Gasteiger partial charge in [0.1, 0.15) is 5.75 Å². The highest BCUT2D eigenvalue weighted by Gasteiger charge is 2.31. The van der Waals surface area contributed by atoms with Crippen LogP contribution in [0, 0.1) is 0 Å². The lowest BCUT2D eigenvalue weighted by atomic mass is 10.1. The third-order valence-corrected chi connectivity index (χ3v) is 2.27. The molecule has 7 heteroatoms. The smallest absolute Gasteiger partial charge is 0.406 e. The Bertz CT molecular complexity index is 435. The molecule has 0 radical (unpaired) electrons. The summed E-state index contributed by atoms with van der Waals surface area (Å²) < 4.78 is 39.9. The molecule has 1 atom stereocenters. The zero-order valence-electron chi connectivity index (χ0n) is 10.3. The van der Waals surface area contributed by atoms with Crippen molar-refractivity contribution in [3.8, 4) is 5.75 Å². The van der Waals surface area contributed by atoms with Crippen LogP contribution in [0.2, 0.25) is 0 Å². The van der Waals surface area contributed by atoms with E-state index in [4.69, 9.17) is 5.73 Å². The second kappa shape index (κ2) is 6.42. The van der Waals surface area contributed by atoms with Crippen LogP contribution in [-0.4, -0.2) is 18.3 Å². The molecule has 1 aromatic rings. The topological polar surface area (TPSA) is 64.4 Å². The van der Waals surface area contributed by atoms with Gasteiger partial charge in [-0.2, -0.15) is 0 Å². The van der Waals surface area contributed by atoms with Crippen LogP contribution in [0.3, 0.4) is 0 Å². The van der Waals surface area contributed by atoms with E-state index in [1.165, 1.54) is 12.1 Å². The van der Waals surface area contributed by atoms with Crippen molar-refractivity contribution in [1.82, 2.24) is 0 Å². The summed E-state index contributed by atoms with van der Waals surface area (Å²) in [5.74, 6) is -0.833. The van der Waals surface area contributed by atoms with Crippen LogP contribution in [0.15, 0.2) is 24.3 Å². The average Bonchev–Trinajstić information content (AvgIpc) is 2.27. The predicted octanol–water partition coefficient (Wildman–Crippen LogP) is 2.65. The Morgan fingerprint density at radius 1 is 1.47 bits per heavy atom. The fraction of sp³-hybridized carbons (Fsp3) is 0.417. The van der Waals surface area contributed by atoms with Crippen molar-refractivity contribution in [2.45, 2.75) is 32.2 Å². The van der Waals surface area contributed by atoms with Crippen molar-refractivity contribution < 1.29 is 22.7 Å². The summed E-state index contributed by atoms with van der Waals surface area (Å²) in [6, 6.07) is 4.36. The maximum atomic E-state index is 12.0. The molecule has 0 aliphatic carbocycles. The molecule has 0 saturated carbocycles. The maximum absolute atomic E-state index is 12.0. The van der Waals surface area contributed by atoms with Crippen molar-refractivity contribution in [2.75, 3.05) is 5.32 Å². The van der Waals surface area contributed by atoms with Crippen molar-refractivity contribution >= 4 is 11.6 Å². The Morgan fingerprint density at radius 2 is 2.16 bits per heavy atom. The molecular weight excluding hydrogens is 261 g/mol. The molecule has 0 saturated heterocycles. The molecule has 1 aromatic carbocycles. The highest BCUT2D eigenvalue weighted by Crippen LogP contribution is 2.25. The zero-order valence-corrected chi connectivity index (χ0v) is 10.3. The van der Waals surface area contributed by atoms with Gasteiger partial charge in [0.05, 0.1) is 6.04 Å². The Labute approximate surface area is 108 Å². The summed E-state index contributed by atoms with van der Waals surface area (Å²) in [7, 11) is 0. The van der Waals surface area contributed by atoms with Crippen LogP contribution in [0.4, 0.5) is 18.9 Å². The number of carbonyl (C=O) groups excluding carboxylic acids is 1. The fourth-order valence-electron chi connectivity index (χ4n) is 1.45. The normalized spacial score (nSPS) is 12.9. The molecule has 1 amide bonds. The van der Waals surface area contributed by atoms with Gasteiger partial charge in [0.2, 0.25) is 5.91 Å². The van der Waals surface area contributed by atoms with Gasteiger partial charge in [-0.25, -0.2) is 0 Å². The monoisotopic (exact) mass is 276 g/mol. The molecule has 0 unspecified atom stereocenters. The van der Waals surface area contributed by atoms with Crippen LogP contribution >= 0.6 is 0 Å².